The molecule has 0 saturated carbocycles. The van der Waals surface area contributed by atoms with E-state index in [4.69, 9.17) is 28.7 Å². The van der Waals surface area contributed by atoms with Crippen LogP contribution in [0.25, 0.3) is 11.8 Å². The van der Waals surface area contributed by atoms with E-state index in [2.05, 4.69) is 0 Å². The summed E-state index contributed by atoms with van der Waals surface area (Å²) in [5.74, 6) is 0.880. The molecule has 12 heteroatoms. The minimum atomic E-state index is -0.808. The first-order valence-electron chi connectivity index (χ1n) is 16.7. The van der Waals surface area contributed by atoms with Gasteiger partial charge in [-0.05, 0) is 62.2 Å². The van der Waals surface area contributed by atoms with Gasteiger partial charge >= 0.3 is 5.97 Å². The molecular weight excluding hydrogens is 658 g/mol. The number of benzene rings is 3. The Balaban J connectivity index is 1.43. The molecule has 260 valence electrons. The third-order valence-electron chi connectivity index (χ3n) is 8.16. The number of fused-ring (bicyclic) bond motifs is 1. The second-order valence-corrected chi connectivity index (χ2v) is 12.4. The molecule has 6 rings (SSSR count). The Kier molecular flexibility index (Phi) is 11.1. The fourth-order valence-corrected chi connectivity index (χ4v) is 6.87. The molecule has 0 unspecified atom stereocenters. The van der Waals surface area contributed by atoms with Gasteiger partial charge in [0.25, 0.3) is 11.5 Å². The van der Waals surface area contributed by atoms with Crippen LogP contribution in [0.15, 0.2) is 88.2 Å². The van der Waals surface area contributed by atoms with Crippen molar-refractivity contribution in [2.75, 3.05) is 52.7 Å². The van der Waals surface area contributed by atoms with Crippen LogP contribution in [-0.2, 0) is 19.1 Å². The summed E-state index contributed by atoms with van der Waals surface area (Å²) in [6.07, 6.45) is 1.76. The smallest absolute Gasteiger partial charge is 0.338 e. The van der Waals surface area contributed by atoms with Crippen molar-refractivity contribution >= 4 is 35.0 Å². The molecule has 11 nitrogen and oxygen atoms in total. The molecule has 0 radical (unpaired) electrons. The Morgan fingerprint density at radius 3 is 2.34 bits per heavy atom. The fourth-order valence-electron chi connectivity index (χ4n) is 5.87. The number of hydrogen-bond donors (Lipinski definition) is 0. The number of morpholine rings is 1. The van der Waals surface area contributed by atoms with Crippen LogP contribution in [0.3, 0.4) is 0 Å². The maximum Gasteiger partial charge on any atom is 0.338 e. The summed E-state index contributed by atoms with van der Waals surface area (Å²) in [6, 6.07) is 21.3. The van der Waals surface area contributed by atoms with Gasteiger partial charge in [0.05, 0.1) is 54.9 Å². The number of rotatable bonds is 12. The molecule has 50 heavy (non-hydrogen) atoms. The minimum absolute atomic E-state index is 0.125. The van der Waals surface area contributed by atoms with Gasteiger partial charge in [-0.2, -0.15) is 0 Å². The lowest BCUT2D eigenvalue weighted by Crippen LogP contribution is -2.43. The van der Waals surface area contributed by atoms with E-state index in [1.165, 1.54) is 11.3 Å². The van der Waals surface area contributed by atoms with Crippen molar-refractivity contribution in [1.82, 2.24) is 9.47 Å². The van der Waals surface area contributed by atoms with Crippen LogP contribution >= 0.6 is 11.3 Å². The summed E-state index contributed by atoms with van der Waals surface area (Å²) in [6.45, 7) is 8.51. The van der Waals surface area contributed by atoms with Crippen LogP contribution < -0.4 is 29.1 Å². The van der Waals surface area contributed by atoms with Crippen molar-refractivity contribution in [2.45, 2.75) is 26.8 Å². The van der Waals surface area contributed by atoms with Crippen LogP contribution in [-0.4, -0.2) is 74.1 Å². The van der Waals surface area contributed by atoms with Crippen molar-refractivity contribution in [3.05, 3.63) is 115 Å². The van der Waals surface area contributed by atoms with Crippen molar-refractivity contribution in [2.24, 2.45) is 4.99 Å². The molecule has 2 aliphatic rings. The van der Waals surface area contributed by atoms with Crippen LogP contribution in [0.2, 0.25) is 0 Å². The topological polar surface area (TPSA) is 118 Å². The van der Waals surface area contributed by atoms with E-state index in [9.17, 15) is 14.4 Å². The van der Waals surface area contributed by atoms with Gasteiger partial charge in [0, 0.05) is 18.7 Å². The number of esters is 1. The average molecular weight is 698 g/mol. The lowest BCUT2D eigenvalue weighted by molar-refractivity contribution is -0.139. The third kappa shape index (κ3) is 7.51. The summed E-state index contributed by atoms with van der Waals surface area (Å²) in [5.41, 5.74) is 2.54. The van der Waals surface area contributed by atoms with E-state index >= 15 is 0 Å². The molecule has 2 aliphatic heterocycles. The second kappa shape index (κ2) is 16.0. The highest BCUT2D eigenvalue weighted by molar-refractivity contribution is 7.07. The van der Waals surface area contributed by atoms with Crippen LogP contribution in [0.5, 0.6) is 17.2 Å². The summed E-state index contributed by atoms with van der Waals surface area (Å²) < 4.78 is 30.3. The maximum absolute atomic E-state index is 14.3. The number of nitrogens with zero attached hydrogens (tertiary/aromatic N) is 3. The largest absolute Gasteiger partial charge is 0.494 e. The molecular formula is C38H39N3O8S. The fraction of sp³-hybridized carbons (Fsp3) is 0.316. The van der Waals surface area contributed by atoms with E-state index in [1.54, 1.807) is 40.7 Å². The van der Waals surface area contributed by atoms with Crippen molar-refractivity contribution in [3.8, 4) is 17.2 Å². The number of amides is 1. The first-order chi connectivity index (χ1) is 24.4. The summed E-state index contributed by atoms with van der Waals surface area (Å²) in [7, 11) is 0. The maximum atomic E-state index is 14.3. The van der Waals surface area contributed by atoms with E-state index in [0.717, 1.165) is 5.56 Å². The van der Waals surface area contributed by atoms with Gasteiger partial charge in [-0.15, -0.1) is 0 Å². The molecule has 0 spiro atoms. The van der Waals surface area contributed by atoms with E-state index < -0.39 is 12.0 Å². The average Bonchev–Trinajstić information content (AvgIpc) is 3.45. The molecule has 0 aliphatic carbocycles. The number of thiazole rings is 1. The number of carbonyl (C=O) groups is 2. The quantitative estimate of drug-likeness (QED) is 0.204. The molecule has 1 fully saturated rings. The number of aromatic nitrogens is 1. The highest BCUT2D eigenvalue weighted by Crippen LogP contribution is 2.36. The second-order valence-electron chi connectivity index (χ2n) is 11.4. The molecule has 1 saturated heterocycles. The summed E-state index contributed by atoms with van der Waals surface area (Å²) in [4.78, 5) is 47.8. The van der Waals surface area contributed by atoms with Gasteiger partial charge in [-0.25, -0.2) is 9.79 Å². The Hall–Kier alpha value is -5.20. The zero-order valence-electron chi connectivity index (χ0n) is 28.3. The zero-order valence-corrected chi connectivity index (χ0v) is 29.1. The Morgan fingerprint density at radius 2 is 1.64 bits per heavy atom. The third-order valence-corrected chi connectivity index (χ3v) is 9.14. The SMILES string of the molecule is CCOC(=O)C1=C(c2ccccc2)N=c2s/c(=C\c3ccc(OCC(=O)N4CCOCC4)c(OCC)c3)c(=O)n2[C@H]1c1ccc(OCC)cc1. The predicted octanol–water partition coefficient (Wildman–Crippen LogP) is 3.97. The van der Waals surface area contributed by atoms with Crippen molar-refractivity contribution < 1.29 is 33.3 Å². The van der Waals surface area contributed by atoms with Crippen molar-refractivity contribution in [3.63, 3.8) is 0 Å². The van der Waals surface area contributed by atoms with Crippen LogP contribution in [0.1, 0.15) is 43.5 Å². The lowest BCUT2D eigenvalue weighted by atomic mass is 9.93. The Bertz CT molecular complexity index is 2050. The van der Waals surface area contributed by atoms with Crippen LogP contribution in [0.4, 0.5) is 0 Å². The number of ether oxygens (including phenoxy) is 5. The number of carbonyl (C=O) groups excluding carboxylic acids is 2. The minimum Gasteiger partial charge on any atom is -0.494 e. The highest BCUT2D eigenvalue weighted by Gasteiger charge is 2.35. The lowest BCUT2D eigenvalue weighted by Gasteiger charge is -2.26. The van der Waals surface area contributed by atoms with E-state index in [1.807, 2.05) is 68.4 Å². The predicted molar refractivity (Wildman–Crippen MR) is 189 cm³/mol. The molecule has 1 aromatic heterocycles. The molecule has 0 N–H and O–H groups in total. The Labute approximate surface area is 293 Å². The first-order valence-corrected chi connectivity index (χ1v) is 17.5. The molecule has 3 aromatic carbocycles. The first kappa shape index (κ1) is 34.7. The summed E-state index contributed by atoms with van der Waals surface area (Å²) in [5, 5.41) is 0. The van der Waals surface area contributed by atoms with Gasteiger partial charge < -0.3 is 28.6 Å². The van der Waals surface area contributed by atoms with Gasteiger partial charge in [-0.1, -0.05) is 59.9 Å². The van der Waals surface area contributed by atoms with Gasteiger partial charge in [0.1, 0.15) is 5.75 Å². The molecule has 1 amide bonds. The van der Waals surface area contributed by atoms with Crippen LogP contribution in [0, 0.1) is 0 Å². The molecule has 1 atom stereocenters. The summed E-state index contributed by atoms with van der Waals surface area (Å²) >= 11 is 1.23. The normalized spacial score (nSPS) is 16.0. The van der Waals surface area contributed by atoms with Gasteiger partial charge in [0.2, 0.25) is 0 Å². The highest BCUT2D eigenvalue weighted by atomic mass is 32.1. The van der Waals surface area contributed by atoms with Crippen molar-refractivity contribution in [1.29, 1.82) is 0 Å². The monoisotopic (exact) mass is 697 g/mol. The number of hydrogen-bond acceptors (Lipinski definition) is 10. The van der Waals surface area contributed by atoms with Gasteiger partial charge in [-0.3, -0.25) is 14.2 Å². The van der Waals surface area contributed by atoms with E-state index in [-0.39, 0.29) is 30.3 Å². The zero-order chi connectivity index (χ0) is 35.0. The standard InChI is InChI=1S/C38H39N3O8S/c1-4-46-28-15-13-27(14-16-28)35-33(37(44)48-6-3)34(26-10-8-7-9-11-26)39-38-41(35)36(43)31(50-38)23-25-12-17-29(30(22-25)47-5-2)49-24-32(42)40-18-20-45-21-19-40/h7-17,22-23,35H,4-6,18-21,24H2,1-3H3/b31-23-/t35-/m0/s1. The molecule has 0 bridgehead atoms. The van der Waals surface area contributed by atoms with E-state index in [0.29, 0.717) is 82.9 Å². The Morgan fingerprint density at radius 1 is 0.900 bits per heavy atom. The molecule has 4 aromatic rings. The molecule has 3 heterocycles. The van der Waals surface area contributed by atoms with Gasteiger partial charge in [0.15, 0.2) is 22.9 Å².